The van der Waals surface area contributed by atoms with Gasteiger partial charge in [-0.2, -0.15) is 0 Å². The maximum atomic E-state index is 12.5. The van der Waals surface area contributed by atoms with Crippen molar-refractivity contribution in [2.24, 2.45) is 0 Å². The van der Waals surface area contributed by atoms with Crippen LogP contribution in [0.3, 0.4) is 0 Å². The van der Waals surface area contributed by atoms with Gasteiger partial charge < -0.3 is 14.6 Å². The summed E-state index contributed by atoms with van der Waals surface area (Å²) in [4.78, 5) is 17.8. The van der Waals surface area contributed by atoms with Gasteiger partial charge in [-0.25, -0.2) is 0 Å². The molecule has 0 saturated heterocycles. The Balaban J connectivity index is 1.47. The summed E-state index contributed by atoms with van der Waals surface area (Å²) >= 11 is 6.12. The lowest BCUT2D eigenvalue weighted by atomic mass is 10.0. The third-order valence-corrected chi connectivity index (χ3v) is 5.27. The molecule has 0 unspecified atom stereocenters. The number of nitrogens with one attached hydrogen (secondary N) is 1. The fourth-order valence-corrected chi connectivity index (χ4v) is 3.91. The average Bonchev–Trinajstić information content (AvgIpc) is 3.19. The number of H-pyrrole nitrogens is 1. The Bertz CT molecular complexity index is 734. The van der Waals surface area contributed by atoms with E-state index in [1.165, 1.54) is 24.1 Å². The molecule has 2 aliphatic rings. The maximum Gasteiger partial charge on any atom is 0.248 e. The molecular formula is C18H21ClN2O2. The number of rotatable bonds is 3. The molecule has 23 heavy (non-hydrogen) atoms. The number of aromatic nitrogens is 1. The van der Waals surface area contributed by atoms with E-state index in [-0.39, 0.29) is 18.6 Å². The zero-order valence-corrected chi connectivity index (χ0v) is 13.9. The first-order valence-corrected chi connectivity index (χ1v) is 8.77. The van der Waals surface area contributed by atoms with E-state index in [9.17, 15) is 4.79 Å². The Hall–Kier alpha value is -1.52. The van der Waals surface area contributed by atoms with Crippen molar-refractivity contribution in [1.82, 2.24) is 9.88 Å². The van der Waals surface area contributed by atoms with Crippen LogP contribution in [0.15, 0.2) is 18.2 Å². The number of hydrogen-bond donors (Lipinski definition) is 1. The number of nitrogens with zero attached hydrogens (tertiary/aromatic N) is 1. The Kier molecular flexibility index (Phi) is 4.04. The van der Waals surface area contributed by atoms with Crippen LogP contribution in [-0.4, -0.2) is 35.0 Å². The summed E-state index contributed by atoms with van der Waals surface area (Å²) in [5.41, 5.74) is 3.52. The highest BCUT2D eigenvalue weighted by Crippen LogP contribution is 2.30. The predicted molar refractivity (Wildman–Crippen MR) is 90.6 cm³/mol. The normalized spacial score (nSPS) is 18.6. The Morgan fingerprint density at radius 3 is 3.00 bits per heavy atom. The second kappa shape index (κ2) is 6.17. The summed E-state index contributed by atoms with van der Waals surface area (Å²) in [6.45, 7) is 1.60. The van der Waals surface area contributed by atoms with Gasteiger partial charge in [0.2, 0.25) is 5.91 Å². The van der Waals surface area contributed by atoms with Gasteiger partial charge in [0.25, 0.3) is 0 Å². The first-order valence-electron chi connectivity index (χ1n) is 8.39. The van der Waals surface area contributed by atoms with Crippen LogP contribution >= 0.6 is 11.6 Å². The van der Waals surface area contributed by atoms with Gasteiger partial charge >= 0.3 is 0 Å². The van der Waals surface area contributed by atoms with E-state index in [1.54, 1.807) is 0 Å². The minimum atomic E-state index is 0.0962. The second-order valence-electron chi connectivity index (χ2n) is 6.55. The van der Waals surface area contributed by atoms with Crippen molar-refractivity contribution >= 4 is 28.4 Å². The van der Waals surface area contributed by atoms with Gasteiger partial charge in [-0.3, -0.25) is 4.79 Å². The van der Waals surface area contributed by atoms with E-state index in [0.29, 0.717) is 6.54 Å². The molecule has 5 heteroatoms. The molecular weight excluding hydrogens is 312 g/mol. The lowest BCUT2D eigenvalue weighted by Crippen LogP contribution is -2.38. The summed E-state index contributed by atoms with van der Waals surface area (Å²) in [6, 6.07) is 5.88. The number of benzene rings is 1. The van der Waals surface area contributed by atoms with Gasteiger partial charge in [0.1, 0.15) is 6.61 Å². The third-order valence-electron chi connectivity index (χ3n) is 5.03. The standard InChI is InChI=1S/C18H21ClN2O2/c19-12-5-6-16-14(9-12)15-10-21(8-7-17(15)20-16)18(22)11-23-13-3-1-2-4-13/h5-6,9,13,20H,1-4,7-8,10-11H2. The SMILES string of the molecule is O=C(COC1CCCC1)N1CCc2[nH]c3ccc(Cl)cc3c2C1. The summed E-state index contributed by atoms with van der Waals surface area (Å²) in [5.74, 6) is 0.0962. The zero-order chi connectivity index (χ0) is 15.8. The number of hydrogen-bond acceptors (Lipinski definition) is 2. The van der Waals surface area contributed by atoms with E-state index in [1.807, 2.05) is 23.1 Å². The van der Waals surface area contributed by atoms with E-state index in [4.69, 9.17) is 16.3 Å². The van der Waals surface area contributed by atoms with Gasteiger partial charge in [-0.1, -0.05) is 24.4 Å². The molecule has 1 N–H and O–H groups in total. The van der Waals surface area contributed by atoms with Gasteiger partial charge in [-0.15, -0.1) is 0 Å². The highest BCUT2D eigenvalue weighted by molar-refractivity contribution is 6.31. The highest BCUT2D eigenvalue weighted by Gasteiger charge is 2.25. The minimum Gasteiger partial charge on any atom is -0.368 e. The first-order chi connectivity index (χ1) is 11.2. The average molecular weight is 333 g/mol. The van der Waals surface area contributed by atoms with Crippen molar-refractivity contribution in [1.29, 1.82) is 0 Å². The van der Waals surface area contributed by atoms with Crippen molar-refractivity contribution < 1.29 is 9.53 Å². The van der Waals surface area contributed by atoms with Crippen molar-refractivity contribution in [2.45, 2.75) is 44.8 Å². The van der Waals surface area contributed by atoms with E-state index in [0.717, 1.165) is 41.7 Å². The molecule has 0 bridgehead atoms. The van der Waals surface area contributed by atoms with E-state index in [2.05, 4.69) is 4.98 Å². The van der Waals surface area contributed by atoms with Crippen LogP contribution < -0.4 is 0 Å². The molecule has 4 rings (SSSR count). The zero-order valence-electron chi connectivity index (χ0n) is 13.1. The lowest BCUT2D eigenvalue weighted by molar-refractivity contribution is -0.139. The molecule has 1 aromatic carbocycles. The Morgan fingerprint density at radius 2 is 2.17 bits per heavy atom. The third kappa shape index (κ3) is 2.98. The van der Waals surface area contributed by atoms with Gasteiger partial charge in [0.05, 0.1) is 6.10 Å². The maximum absolute atomic E-state index is 12.5. The molecule has 1 amide bonds. The first kappa shape index (κ1) is 15.0. The molecule has 0 radical (unpaired) electrons. The van der Waals surface area contributed by atoms with Gasteiger partial charge in [0.15, 0.2) is 0 Å². The number of fused-ring (bicyclic) bond motifs is 3. The molecule has 0 spiro atoms. The molecule has 2 aromatic rings. The number of amides is 1. The van der Waals surface area contributed by atoms with E-state index < -0.39 is 0 Å². The molecule has 122 valence electrons. The van der Waals surface area contributed by atoms with Crippen LogP contribution in [-0.2, 0) is 22.5 Å². The molecule has 1 fully saturated rings. The number of carbonyl (C=O) groups is 1. The second-order valence-corrected chi connectivity index (χ2v) is 6.99. The number of carbonyl (C=O) groups excluding carboxylic acids is 1. The largest absolute Gasteiger partial charge is 0.368 e. The lowest BCUT2D eigenvalue weighted by Gasteiger charge is -2.27. The summed E-state index contributed by atoms with van der Waals surface area (Å²) in [6.07, 6.45) is 5.78. The van der Waals surface area contributed by atoms with Crippen LogP contribution in [0.2, 0.25) is 5.02 Å². The Labute approximate surface area is 140 Å². The smallest absolute Gasteiger partial charge is 0.248 e. The van der Waals surface area contributed by atoms with Crippen molar-refractivity contribution in [3.8, 4) is 0 Å². The number of ether oxygens (including phenoxy) is 1. The highest BCUT2D eigenvalue weighted by atomic mass is 35.5. The van der Waals surface area contributed by atoms with Crippen LogP contribution in [0, 0.1) is 0 Å². The molecule has 1 aliphatic heterocycles. The monoisotopic (exact) mass is 332 g/mol. The molecule has 1 aliphatic carbocycles. The van der Waals surface area contributed by atoms with Crippen molar-refractivity contribution in [3.05, 3.63) is 34.5 Å². The summed E-state index contributed by atoms with van der Waals surface area (Å²) in [5, 5.41) is 1.86. The molecule has 4 nitrogen and oxygen atoms in total. The number of aromatic amines is 1. The fourth-order valence-electron chi connectivity index (χ4n) is 3.73. The van der Waals surface area contributed by atoms with Crippen LogP contribution in [0.4, 0.5) is 0 Å². The van der Waals surface area contributed by atoms with Crippen molar-refractivity contribution in [3.63, 3.8) is 0 Å². The minimum absolute atomic E-state index is 0.0962. The summed E-state index contributed by atoms with van der Waals surface area (Å²) < 4.78 is 5.77. The topological polar surface area (TPSA) is 45.3 Å². The fraction of sp³-hybridized carbons (Fsp3) is 0.500. The molecule has 1 aromatic heterocycles. The number of halogens is 1. The van der Waals surface area contributed by atoms with Crippen LogP contribution in [0.25, 0.3) is 10.9 Å². The molecule has 0 atom stereocenters. The van der Waals surface area contributed by atoms with E-state index >= 15 is 0 Å². The molecule has 2 heterocycles. The summed E-state index contributed by atoms with van der Waals surface area (Å²) in [7, 11) is 0. The quantitative estimate of drug-likeness (QED) is 0.932. The van der Waals surface area contributed by atoms with Gasteiger partial charge in [0, 0.05) is 46.7 Å². The molecule has 1 saturated carbocycles. The van der Waals surface area contributed by atoms with Gasteiger partial charge in [-0.05, 0) is 31.0 Å². The van der Waals surface area contributed by atoms with Crippen LogP contribution in [0.5, 0.6) is 0 Å². The Morgan fingerprint density at radius 1 is 1.35 bits per heavy atom. The van der Waals surface area contributed by atoms with Crippen molar-refractivity contribution in [2.75, 3.05) is 13.2 Å². The predicted octanol–water partition coefficient (Wildman–Crippen LogP) is 3.67. The van der Waals surface area contributed by atoms with Crippen LogP contribution in [0.1, 0.15) is 36.9 Å².